The van der Waals surface area contributed by atoms with Gasteiger partial charge in [0.25, 0.3) is 0 Å². The van der Waals surface area contributed by atoms with Gasteiger partial charge in [0, 0.05) is 12.3 Å². The molecule has 0 saturated heterocycles. The first-order valence-corrected chi connectivity index (χ1v) is 5.31. The second-order valence-electron chi connectivity index (χ2n) is 3.18. The summed E-state index contributed by atoms with van der Waals surface area (Å²) in [6.45, 7) is 5.60. The maximum absolute atomic E-state index is 5.42. The third-order valence-electron chi connectivity index (χ3n) is 1.39. The average Bonchev–Trinajstić information content (AvgIpc) is 2.49. The lowest BCUT2D eigenvalue weighted by molar-refractivity contribution is 0.556. The fraction of sp³-hybridized carbons (Fsp3) is 0.857. The van der Waals surface area contributed by atoms with Crippen LogP contribution in [0.1, 0.15) is 13.8 Å². The van der Waals surface area contributed by atoms with Crippen LogP contribution in [0, 0.1) is 5.92 Å². The number of hydrogen-bond acceptors (Lipinski definition) is 5. The lowest BCUT2D eigenvalue weighted by Gasteiger charge is -2.03. The zero-order chi connectivity index (χ0) is 9.68. The first-order valence-electron chi connectivity index (χ1n) is 4.33. The molecule has 0 saturated carbocycles. The van der Waals surface area contributed by atoms with Gasteiger partial charge in [-0.15, -0.1) is 5.10 Å². The van der Waals surface area contributed by atoms with E-state index in [1.807, 2.05) is 0 Å². The molecular weight excluding hydrogens is 186 g/mol. The van der Waals surface area contributed by atoms with Gasteiger partial charge in [0.2, 0.25) is 5.16 Å². The van der Waals surface area contributed by atoms with E-state index in [0.717, 1.165) is 10.9 Å². The summed E-state index contributed by atoms with van der Waals surface area (Å²) in [4.78, 5) is 0. The molecule has 1 aromatic rings. The number of rotatable bonds is 5. The summed E-state index contributed by atoms with van der Waals surface area (Å²) in [5.41, 5.74) is 5.42. The molecule has 5 nitrogen and oxygen atoms in total. The minimum Gasteiger partial charge on any atom is -0.329 e. The van der Waals surface area contributed by atoms with E-state index in [0.29, 0.717) is 19.0 Å². The minimum atomic E-state index is 0.570. The second-order valence-corrected chi connectivity index (χ2v) is 4.17. The summed E-state index contributed by atoms with van der Waals surface area (Å²) in [5.74, 6) is 1.68. The van der Waals surface area contributed by atoms with Gasteiger partial charge in [-0.3, -0.25) is 0 Å². The highest BCUT2D eigenvalue weighted by atomic mass is 32.2. The highest BCUT2D eigenvalue weighted by Crippen LogP contribution is 2.16. The molecule has 0 amide bonds. The van der Waals surface area contributed by atoms with Gasteiger partial charge in [-0.05, 0) is 16.3 Å². The van der Waals surface area contributed by atoms with E-state index in [2.05, 4.69) is 29.4 Å². The highest BCUT2D eigenvalue weighted by Gasteiger charge is 2.06. The van der Waals surface area contributed by atoms with Gasteiger partial charge in [0.05, 0.1) is 6.54 Å². The topological polar surface area (TPSA) is 69.6 Å². The van der Waals surface area contributed by atoms with Crippen LogP contribution < -0.4 is 5.73 Å². The summed E-state index contributed by atoms with van der Waals surface area (Å²) in [7, 11) is 0. The van der Waals surface area contributed by atoms with Crippen molar-refractivity contribution in [3.8, 4) is 0 Å². The Hall–Kier alpha value is -0.620. The molecule has 13 heavy (non-hydrogen) atoms. The Labute approximate surface area is 82.1 Å². The Morgan fingerprint density at radius 1 is 1.54 bits per heavy atom. The van der Waals surface area contributed by atoms with Gasteiger partial charge in [0.15, 0.2) is 0 Å². The Balaban J connectivity index is 2.49. The van der Waals surface area contributed by atoms with E-state index < -0.39 is 0 Å². The summed E-state index contributed by atoms with van der Waals surface area (Å²) >= 11 is 1.67. The average molecular weight is 201 g/mol. The van der Waals surface area contributed by atoms with Crippen LogP contribution in [0.25, 0.3) is 0 Å². The predicted octanol–water partition coefficient (Wildman–Crippen LogP) is 0.380. The summed E-state index contributed by atoms with van der Waals surface area (Å²) in [6.07, 6.45) is 0. The van der Waals surface area contributed by atoms with Crippen molar-refractivity contribution in [3.63, 3.8) is 0 Å². The van der Waals surface area contributed by atoms with Crippen molar-refractivity contribution in [1.29, 1.82) is 0 Å². The number of tetrazole rings is 1. The molecule has 1 aromatic heterocycles. The van der Waals surface area contributed by atoms with Crippen LogP contribution in [0.2, 0.25) is 0 Å². The van der Waals surface area contributed by atoms with E-state index in [1.165, 1.54) is 0 Å². The smallest absolute Gasteiger partial charge is 0.209 e. The Morgan fingerprint density at radius 2 is 2.31 bits per heavy atom. The quantitative estimate of drug-likeness (QED) is 0.697. The van der Waals surface area contributed by atoms with Crippen LogP contribution in [-0.4, -0.2) is 32.5 Å². The van der Waals surface area contributed by atoms with E-state index in [-0.39, 0.29) is 0 Å². The molecule has 0 aliphatic rings. The van der Waals surface area contributed by atoms with Crippen LogP contribution in [0.4, 0.5) is 0 Å². The number of nitrogens with two attached hydrogens (primary N) is 1. The first kappa shape index (κ1) is 10.5. The van der Waals surface area contributed by atoms with Crippen LogP contribution in [0.3, 0.4) is 0 Å². The molecule has 0 unspecified atom stereocenters. The van der Waals surface area contributed by atoms with Gasteiger partial charge in [-0.2, -0.15) is 0 Å². The van der Waals surface area contributed by atoms with Crippen molar-refractivity contribution in [2.75, 3.05) is 12.3 Å². The third-order valence-corrected chi connectivity index (χ3v) is 2.77. The molecule has 1 rings (SSSR count). The Bertz CT molecular complexity index is 247. The van der Waals surface area contributed by atoms with Gasteiger partial charge in [-0.25, -0.2) is 4.68 Å². The van der Waals surface area contributed by atoms with E-state index in [9.17, 15) is 0 Å². The largest absolute Gasteiger partial charge is 0.329 e. The number of thioether (sulfide) groups is 1. The predicted molar refractivity (Wildman–Crippen MR) is 52.4 cm³/mol. The Kier molecular flexibility index (Phi) is 4.17. The monoisotopic (exact) mass is 201 g/mol. The lowest BCUT2D eigenvalue weighted by Crippen LogP contribution is -2.12. The zero-order valence-electron chi connectivity index (χ0n) is 7.97. The molecular formula is C7H15N5S. The number of nitrogens with zero attached hydrogens (tertiary/aromatic N) is 4. The van der Waals surface area contributed by atoms with E-state index >= 15 is 0 Å². The summed E-state index contributed by atoms with van der Waals surface area (Å²) in [5, 5.41) is 12.2. The van der Waals surface area contributed by atoms with Gasteiger partial charge >= 0.3 is 0 Å². The number of hydrogen-bond donors (Lipinski definition) is 1. The van der Waals surface area contributed by atoms with Crippen molar-refractivity contribution >= 4 is 11.8 Å². The van der Waals surface area contributed by atoms with Crippen molar-refractivity contribution < 1.29 is 0 Å². The molecule has 74 valence electrons. The normalized spacial score (nSPS) is 11.1. The maximum Gasteiger partial charge on any atom is 0.209 e. The van der Waals surface area contributed by atoms with Crippen LogP contribution in [0.15, 0.2) is 5.16 Å². The third kappa shape index (κ3) is 3.31. The van der Waals surface area contributed by atoms with Crippen LogP contribution >= 0.6 is 11.8 Å². The molecule has 1 heterocycles. The molecule has 2 N–H and O–H groups in total. The standard InChI is InChI=1S/C7H15N5S/c1-6(2)5-13-7-9-10-11-12(7)4-3-8/h6H,3-5,8H2,1-2H3. The minimum absolute atomic E-state index is 0.570. The van der Waals surface area contributed by atoms with Crippen molar-refractivity contribution in [1.82, 2.24) is 20.2 Å². The molecule has 6 heteroatoms. The van der Waals surface area contributed by atoms with E-state index in [1.54, 1.807) is 16.4 Å². The lowest BCUT2D eigenvalue weighted by atomic mass is 10.3. The molecule has 0 atom stereocenters. The SMILES string of the molecule is CC(C)CSc1nnnn1CCN. The molecule has 0 aromatic carbocycles. The van der Waals surface area contributed by atoms with Gasteiger partial charge in [-0.1, -0.05) is 25.6 Å². The fourth-order valence-corrected chi connectivity index (χ4v) is 1.66. The fourth-order valence-electron chi connectivity index (χ4n) is 0.804. The van der Waals surface area contributed by atoms with Crippen molar-refractivity contribution in [2.45, 2.75) is 25.5 Å². The Morgan fingerprint density at radius 3 is 2.92 bits per heavy atom. The van der Waals surface area contributed by atoms with Crippen LogP contribution in [0.5, 0.6) is 0 Å². The van der Waals surface area contributed by atoms with Crippen LogP contribution in [-0.2, 0) is 6.54 Å². The first-order chi connectivity index (χ1) is 6.24. The van der Waals surface area contributed by atoms with Gasteiger partial charge in [0.1, 0.15) is 0 Å². The zero-order valence-corrected chi connectivity index (χ0v) is 8.79. The molecule has 0 bridgehead atoms. The number of aromatic nitrogens is 4. The van der Waals surface area contributed by atoms with Crippen molar-refractivity contribution in [2.24, 2.45) is 11.7 Å². The molecule has 0 aliphatic heterocycles. The molecule has 0 spiro atoms. The second kappa shape index (κ2) is 5.18. The highest BCUT2D eigenvalue weighted by molar-refractivity contribution is 7.99. The summed E-state index contributed by atoms with van der Waals surface area (Å²) in [6, 6.07) is 0. The van der Waals surface area contributed by atoms with Crippen molar-refractivity contribution in [3.05, 3.63) is 0 Å². The summed E-state index contributed by atoms with van der Waals surface area (Å²) < 4.78 is 1.74. The van der Waals surface area contributed by atoms with Gasteiger partial charge < -0.3 is 5.73 Å². The maximum atomic E-state index is 5.42. The molecule has 0 aliphatic carbocycles. The molecule has 0 radical (unpaired) electrons. The van der Waals surface area contributed by atoms with E-state index in [4.69, 9.17) is 5.73 Å². The molecule has 0 fully saturated rings.